The first-order chi connectivity index (χ1) is 15.0. The van der Waals surface area contributed by atoms with E-state index in [-0.39, 0.29) is 0 Å². The van der Waals surface area contributed by atoms with Gasteiger partial charge < -0.3 is 4.84 Å². The van der Waals surface area contributed by atoms with Gasteiger partial charge in [-0.3, -0.25) is 4.40 Å². The van der Waals surface area contributed by atoms with Gasteiger partial charge in [0.05, 0.1) is 11.4 Å². The maximum absolute atomic E-state index is 6.02. The lowest BCUT2D eigenvalue weighted by Gasteiger charge is -2.09. The van der Waals surface area contributed by atoms with E-state index < -0.39 is 0 Å². The first-order valence-electron chi connectivity index (χ1n) is 9.77. The molecule has 0 saturated heterocycles. The number of fused-ring (bicyclic) bond motifs is 1. The van der Waals surface area contributed by atoms with Gasteiger partial charge in [0.25, 0.3) is 0 Å². The molecule has 2 aromatic heterocycles. The van der Waals surface area contributed by atoms with E-state index in [9.17, 15) is 0 Å². The fourth-order valence-electron chi connectivity index (χ4n) is 3.20. The smallest absolute Gasteiger partial charge is 0.142 e. The molecule has 4 rings (SSSR count). The molecule has 0 aliphatic rings. The monoisotopic (exact) mass is 469 g/mol. The van der Waals surface area contributed by atoms with E-state index in [0.29, 0.717) is 17.4 Å². The molecular weight excluding hydrogens is 449 g/mol. The van der Waals surface area contributed by atoms with E-state index in [1.807, 2.05) is 61.7 Å². The van der Waals surface area contributed by atoms with Crippen molar-refractivity contribution in [1.82, 2.24) is 9.38 Å². The summed E-state index contributed by atoms with van der Waals surface area (Å²) >= 11 is 13.7. The largest absolute Gasteiger partial charge is 0.391 e. The minimum Gasteiger partial charge on any atom is -0.391 e. The van der Waals surface area contributed by atoms with E-state index in [4.69, 9.17) is 33.0 Å². The lowest BCUT2D eigenvalue weighted by molar-refractivity contribution is 0.130. The number of rotatable bonds is 7. The molecule has 0 aliphatic heterocycles. The van der Waals surface area contributed by atoms with Gasteiger partial charge in [-0.2, -0.15) is 0 Å². The summed E-state index contributed by atoms with van der Waals surface area (Å²) in [4.78, 5) is 11.6. The number of aromatic nitrogens is 2. The van der Waals surface area contributed by atoms with Gasteiger partial charge in [0.15, 0.2) is 0 Å². The molecule has 0 spiro atoms. The Morgan fingerprint density at radius 2 is 1.68 bits per heavy atom. The lowest BCUT2D eigenvalue weighted by atomic mass is 10.2. The topological polar surface area (TPSA) is 38.9 Å². The third-order valence-electron chi connectivity index (χ3n) is 4.74. The van der Waals surface area contributed by atoms with E-state index in [1.54, 1.807) is 11.8 Å². The minimum atomic E-state index is 0.362. The third-order valence-corrected chi connectivity index (χ3v) is 6.26. The van der Waals surface area contributed by atoms with Crippen LogP contribution in [0.1, 0.15) is 22.5 Å². The van der Waals surface area contributed by atoms with Crippen molar-refractivity contribution in [2.45, 2.75) is 25.3 Å². The van der Waals surface area contributed by atoms with E-state index in [1.165, 1.54) is 0 Å². The average molecular weight is 470 g/mol. The highest BCUT2D eigenvalue weighted by atomic mass is 35.5. The van der Waals surface area contributed by atoms with Gasteiger partial charge >= 0.3 is 0 Å². The van der Waals surface area contributed by atoms with Crippen molar-refractivity contribution >= 4 is 46.3 Å². The molecule has 0 bridgehead atoms. The predicted octanol–water partition coefficient (Wildman–Crippen LogP) is 6.97. The molecule has 0 fully saturated rings. The van der Waals surface area contributed by atoms with Gasteiger partial charge in [-0.25, -0.2) is 4.98 Å². The second-order valence-electron chi connectivity index (χ2n) is 7.16. The molecule has 0 aliphatic carbocycles. The molecule has 0 radical (unpaired) electrons. The molecular formula is C24H21Cl2N3OS. The Morgan fingerprint density at radius 1 is 1.00 bits per heavy atom. The highest BCUT2D eigenvalue weighted by Gasteiger charge is 2.16. The van der Waals surface area contributed by atoms with Gasteiger partial charge in [0.1, 0.15) is 18.0 Å². The molecule has 0 N–H and O–H groups in total. The van der Waals surface area contributed by atoms with Gasteiger partial charge in [-0.05, 0) is 73.5 Å². The standard InChI is InChI=1S/C24H21Cl2N3OS/c1-16-11-12-29-23(13-16)27-17(2)24(29)22(15-31-21-9-7-20(26)8-10-21)28-30-14-18-3-5-19(25)6-4-18/h3-13H,14-15H2,1-2H3. The van der Waals surface area contributed by atoms with Gasteiger partial charge in [0, 0.05) is 26.9 Å². The van der Waals surface area contributed by atoms with Crippen molar-refractivity contribution in [2.75, 3.05) is 5.75 Å². The van der Waals surface area contributed by atoms with Crippen LogP contribution in [0.3, 0.4) is 0 Å². The van der Waals surface area contributed by atoms with Crippen LogP contribution in [-0.2, 0) is 11.4 Å². The zero-order chi connectivity index (χ0) is 21.8. The average Bonchev–Trinajstić information content (AvgIpc) is 3.08. The summed E-state index contributed by atoms with van der Waals surface area (Å²) in [5.41, 5.74) is 5.75. The van der Waals surface area contributed by atoms with Crippen molar-refractivity contribution in [2.24, 2.45) is 5.16 Å². The zero-order valence-electron chi connectivity index (χ0n) is 17.2. The van der Waals surface area contributed by atoms with Crippen LogP contribution in [-0.4, -0.2) is 20.8 Å². The number of pyridine rings is 1. The van der Waals surface area contributed by atoms with Crippen molar-refractivity contribution in [1.29, 1.82) is 0 Å². The molecule has 0 unspecified atom stereocenters. The number of hydrogen-bond donors (Lipinski definition) is 0. The summed E-state index contributed by atoms with van der Waals surface area (Å²) in [5, 5.41) is 5.94. The Hall–Kier alpha value is -2.47. The minimum absolute atomic E-state index is 0.362. The lowest BCUT2D eigenvalue weighted by Crippen LogP contribution is -2.11. The van der Waals surface area contributed by atoms with Crippen molar-refractivity contribution in [3.8, 4) is 0 Å². The molecule has 2 aromatic carbocycles. The summed E-state index contributed by atoms with van der Waals surface area (Å²) in [6.45, 7) is 4.42. The highest BCUT2D eigenvalue weighted by Crippen LogP contribution is 2.24. The molecule has 0 atom stereocenters. The third kappa shape index (κ3) is 5.42. The number of hydrogen-bond acceptors (Lipinski definition) is 4. The van der Waals surface area contributed by atoms with Gasteiger partial charge in [-0.15, -0.1) is 11.8 Å². The van der Waals surface area contributed by atoms with Gasteiger partial charge in [-0.1, -0.05) is 40.5 Å². The number of halogens is 2. The first kappa shape index (κ1) is 21.8. The number of imidazole rings is 1. The SMILES string of the molecule is Cc1ccn2c(C(CSc3ccc(Cl)cc3)=NOCc3ccc(Cl)cc3)c(C)nc2c1. The fourth-order valence-corrected chi connectivity index (χ4v) is 4.27. The Bertz CT molecular complexity index is 1220. The normalized spacial score (nSPS) is 11.8. The van der Waals surface area contributed by atoms with Crippen LogP contribution in [0, 0.1) is 13.8 Å². The Morgan fingerprint density at radius 3 is 2.39 bits per heavy atom. The van der Waals surface area contributed by atoms with Crippen LogP contribution < -0.4 is 0 Å². The maximum atomic E-state index is 6.02. The Labute approximate surface area is 195 Å². The number of thioether (sulfide) groups is 1. The quantitative estimate of drug-likeness (QED) is 0.166. The van der Waals surface area contributed by atoms with Crippen LogP contribution in [0.2, 0.25) is 10.0 Å². The van der Waals surface area contributed by atoms with Gasteiger partial charge in [0.2, 0.25) is 0 Å². The molecule has 7 heteroatoms. The summed E-state index contributed by atoms with van der Waals surface area (Å²) < 4.78 is 2.06. The molecule has 0 saturated carbocycles. The molecule has 4 nitrogen and oxygen atoms in total. The van der Waals surface area contributed by atoms with Crippen molar-refractivity contribution in [3.05, 3.63) is 99.4 Å². The second kappa shape index (κ2) is 9.77. The van der Waals surface area contributed by atoms with Crippen LogP contribution >= 0.6 is 35.0 Å². The number of benzene rings is 2. The predicted molar refractivity (Wildman–Crippen MR) is 130 cm³/mol. The molecule has 158 valence electrons. The molecule has 4 aromatic rings. The van der Waals surface area contributed by atoms with E-state index >= 15 is 0 Å². The summed E-state index contributed by atoms with van der Waals surface area (Å²) in [5.74, 6) is 0.630. The number of oxime groups is 1. The summed E-state index contributed by atoms with van der Waals surface area (Å²) in [6.07, 6.45) is 2.03. The number of nitrogens with zero attached hydrogens (tertiary/aromatic N) is 3. The second-order valence-corrected chi connectivity index (χ2v) is 9.08. The van der Waals surface area contributed by atoms with Crippen molar-refractivity contribution < 1.29 is 4.84 Å². The number of aryl methyl sites for hydroxylation is 2. The fraction of sp³-hybridized carbons (Fsp3) is 0.167. The Balaban J connectivity index is 1.62. The summed E-state index contributed by atoms with van der Waals surface area (Å²) in [6, 6.07) is 19.5. The maximum Gasteiger partial charge on any atom is 0.142 e. The zero-order valence-corrected chi connectivity index (χ0v) is 19.5. The van der Waals surface area contributed by atoms with Crippen LogP contribution in [0.15, 0.2) is 76.9 Å². The molecule has 2 heterocycles. The van der Waals surface area contributed by atoms with E-state index in [2.05, 4.69) is 28.6 Å². The highest BCUT2D eigenvalue weighted by molar-refractivity contribution is 8.00. The van der Waals surface area contributed by atoms with Crippen molar-refractivity contribution in [3.63, 3.8) is 0 Å². The first-order valence-corrected chi connectivity index (χ1v) is 11.5. The van der Waals surface area contributed by atoms with E-state index in [0.717, 1.165) is 43.8 Å². The van der Waals surface area contributed by atoms with Crippen LogP contribution in [0.5, 0.6) is 0 Å². The van der Waals surface area contributed by atoms with Crippen LogP contribution in [0.4, 0.5) is 0 Å². The Kier molecular flexibility index (Phi) is 6.86. The molecule has 0 amide bonds. The van der Waals surface area contributed by atoms with Crippen LogP contribution in [0.25, 0.3) is 5.65 Å². The summed E-state index contributed by atoms with van der Waals surface area (Å²) in [7, 11) is 0. The molecule has 31 heavy (non-hydrogen) atoms.